The summed E-state index contributed by atoms with van der Waals surface area (Å²) in [4.78, 5) is 14.1. The van der Waals surface area contributed by atoms with Gasteiger partial charge in [-0.3, -0.25) is 4.90 Å². The topological polar surface area (TPSA) is 60.0 Å². The molecular formula is C18H18N2O4. The summed E-state index contributed by atoms with van der Waals surface area (Å²) in [6.45, 7) is 1.78. The van der Waals surface area contributed by atoms with E-state index in [2.05, 4.69) is 11.4 Å². The lowest BCUT2D eigenvalue weighted by Gasteiger charge is -2.18. The minimum Gasteiger partial charge on any atom is -0.492 e. The highest BCUT2D eigenvalue weighted by molar-refractivity contribution is 5.94. The molecule has 2 aliphatic rings. The van der Waals surface area contributed by atoms with Crippen molar-refractivity contribution in [1.82, 2.24) is 5.32 Å². The first kappa shape index (κ1) is 14.7. The molecule has 2 amide bonds. The SMILES string of the molecule is O=C(NCCOc1ccc2c(c1)OCO2)N1CCc2ccccc21. The number of carbonyl (C=O) groups is 1. The van der Waals surface area contributed by atoms with Crippen molar-refractivity contribution in [3.8, 4) is 17.2 Å². The van der Waals surface area contributed by atoms with Gasteiger partial charge >= 0.3 is 6.03 Å². The van der Waals surface area contributed by atoms with Crippen LogP contribution in [0.2, 0.25) is 0 Å². The first-order valence-corrected chi connectivity index (χ1v) is 7.97. The molecule has 0 saturated heterocycles. The van der Waals surface area contributed by atoms with E-state index >= 15 is 0 Å². The van der Waals surface area contributed by atoms with Crippen LogP contribution in [0.1, 0.15) is 5.56 Å². The molecule has 0 radical (unpaired) electrons. The molecule has 2 aromatic rings. The molecule has 0 atom stereocenters. The van der Waals surface area contributed by atoms with E-state index in [1.807, 2.05) is 30.3 Å². The van der Waals surface area contributed by atoms with Crippen molar-refractivity contribution in [1.29, 1.82) is 0 Å². The smallest absolute Gasteiger partial charge is 0.322 e. The third kappa shape index (κ3) is 2.82. The summed E-state index contributed by atoms with van der Waals surface area (Å²) >= 11 is 0. The second-order valence-electron chi connectivity index (χ2n) is 5.63. The van der Waals surface area contributed by atoms with Crippen molar-refractivity contribution in [2.45, 2.75) is 6.42 Å². The normalized spacial score (nSPS) is 14.4. The number of rotatable bonds is 4. The molecule has 0 saturated carbocycles. The first-order valence-electron chi connectivity index (χ1n) is 7.97. The lowest BCUT2D eigenvalue weighted by Crippen LogP contribution is -2.40. The van der Waals surface area contributed by atoms with Crippen molar-refractivity contribution < 1.29 is 19.0 Å². The molecule has 124 valence electrons. The second-order valence-corrected chi connectivity index (χ2v) is 5.63. The van der Waals surface area contributed by atoms with Gasteiger partial charge in [0.2, 0.25) is 6.79 Å². The van der Waals surface area contributed by atoms with Gasteiger partial charge in [-0.15, -0.1) is 0 Å². The van der Waals surface area contributed by atoms with Gasteiger partial charge in [-0.2, -0.15) is 0 Å². The van der Waals surface area contributed by atoms with Gasteiger partial charge in [-0.25, -0.2) is 4.79 Å². The number of amides is 2. The van der Waals surface area contributed by atoms with E-state index in [0.29, 0.717) is 31.2 Å². The average molecular weight is 326 g/mol. The van der Waals surface area contributed by atoms with Crippen LogP contribution < -0.4 is 24.4 Å². The van der Waals surface area contributed by atoms with Crippen molar-refractivity contribution in [3.63, 3.8) is 0 Å². The standard InChI is InChI=1S/C18H18N2O4/c21-18(20-9-7-13-3-1-2-4-15(13)20)19-8-10-22-14-5-6-16-17(11-14)24-12-23-16/h1-6,11H,7-10,12H2,(H,19,21). The highest BCUT2D eigenvalue weighted by atomic mass is 16.7. The Morgan fingerprint density at radius 3 is 3.00 bits per heavy atom. The minimum atomic E-state index is -0.0887. The van der Waals surface area contributed by atoms with E-state index in [1.54, 1.807) is 11.0 Å². The number of carbonyl (C=O) groups excluding carboxylic acids is 1. The van der Waals surface area contributed by atoms with E-state index < -0.39 is 0 Å². The largest absolute Gasteiger partial charge is 0.492 e. The van der Waals surface area contributed by atoms with Crippen molar-refractivity contribution in [2.24, 2.45) is 0 Å². The highest BCUT2D eigenvalue weighted by Crippen LogP contribution is 2.35. The van der Waals surface area contributed by atoms with Crippen LogP contribution in [0.15, 0.2) is 42.5 Å². The Morgan fingerprint density at radius 1 is 1.17 bits per heavy atom. The van der Waals surface area contributed by atoms with Gasteiger partial charge in [0.1, 0.15) is 12.4 Å². The lowest BCUT2D eigenvalue weighted by atomic mass is 10.2. The molecule has 2 aliphatic heterocycles. The molecule has 0 fully saturated rings. The molecule has 4 rings (SSSR count). The Hall–Kier alpha value is -2.89. The number of fused-ring (bicyclic) bond motifs is 2. The van der Waals surface area contributed by atoms with Crippen LogP contribution in [0.25, 0.3) is 0 Å². The van der Waals surface area contributed by atoms with Crippen molar-refractivity contribution >= 4 is 11.7 Å². The predicted octanol–water partition coefficient (Wildman–Crippen LogP) is 2.57. The van der Waals surface area contributed by atoms with Gasteiger partial charge in [0.25, 0.3) is 0 Å². The summed E-state index contributed by atoms with van der Waals surface area (Å²) in [5.41, 5.74) is 2.20. The average Bonchev–Trinajstić information content (AvgIpc) is 3.24. The van der Waals surface area contributed by atoms with Crippen LogP contribution in [-0.2, 0) is 6.42 Å². The zero-order chi connectivity index (χ0) is 16.4. The number of para-hydroxylation sites is 1. The number of anilines is 1. The number of hydrogen-bond donors (Lipinski definition) is 1. The number of benzene rings is 2. The Bertz CT molecular complexity index is 762. The third-order valence-corrected chi connectivity index (χ3v) is 4.12. The number of nitrogens with one attached hydrogen (secondary N) is 1. The van der Waals surface area contributed by atoms with Crippen LogP contribution in [0, 0.1) is 0 Å². The number of urea groups is 1. The van der Waals surface area contributed by atoms with E-state index in [9.17, 15) is 4.79 Å². The van der Waals surface area contributed by atoms with E-state index in [-0.39, 0.29) is 12.8 Å². The maximum atomic E-state index is 12.3. The fourth-order valence-electron chi connectivity index (χ4n) is 2.94. The Kier molecular flexibility index (Phi) is 3.86. The Labute approximate surface area is 139 Å². The summed E-state index contributed by atoms with van der Waals surface area (Å²) in [5, 5.41) is 2.89. The molecule has 0 unspecified atom stereocenters. The fraction of sp³-hybridized carbons (Fsp3) is 0.278. The van der Waals surface area contributed by atoms with Crippen LogP contribution in [0.5, 0.6) is 17.2 Å². The fourth-order valence-corrected chi connectivity index (χ4v) is 2.94. The van der Waals surface area contributed by atoms with Crippen LogP contribution in [0.3, 0.4) is 0 Å². The molecule has 2 heterocycles. The van der Waals surface area contributed by atoms with E-state index in [0.717, 1.165) is 17.9 Å². The minimum absolute atomic E-state index is 0.0887. The first-order chi connectivity index (χ1) is 11.8. The summed E-state index contributed by atoms with van der Waals surface area (Å²) in [6, 6.07) is 13.3. The van der Waals surface area contributed by atoms with E-state index in [1.165, 1.54) is 5.56 Å². The molecule has 24 heavy (non-hydrogen) atoms. The summed E-state index contributed by atoms with van der Waals surface area (Å²) in [5.74, 6) is 2.11. The summed E-state index contributed by atoms with van der Waals surface area (Å²) in [6.07, 6.45) is 0.900. The van der Waals surface area contributed by atoms with Gasteiger partial charge in [-0.05, 0) is 30.2 Å². The zero-order valence-corrected chi connectivity index (χ0v) is 13.2. The molecule has 0 aliphatic carbocycles. The number of nitrogens with zero attached hydrogens (tertiary/aromatic N) is 1. The highest BCUT2D eigenvalue weighted by Gasteiger charge is 2.23. The Balaban J connectivity index is 1.27. The lowest BCUT2D eigenvalue weighted by molar-refractivity contribution is 0.173. The van der Waals surface area contributed by atoms with E-state index in [4.69, 9.17) is 14.2 Å². The maximum Gasteiger partial charge on any atom is 0.322 e. The molecule has 0 aromatic heterocycles. The predicted molar refractivity (Wildman–Crippen MR) is 89.0 cm³/mol. The zero-order valence-electron chi connectivity index (χ0n) is 13.2. The second kappa shape index (κ2) is 6.31. The summed E-state index contributed by atoms with van der Waals surface area (Å²) in [7, 11) is 0. The molecule has 6 nitrogen and oxygen atoms in total. The van der Waals surface area contributed by atoms with Gasteiger partial charge < -0.3 is 19.5 Å². The number of ether oxygens (including phenoxy) is 3. The number of hydrogen-bond acceptors (Lipinski definition) is 4. The maximum absolute atomic E-state index is 12.3. The van der Waals surface area contributed by atoms with Crippen LogP contribution in [-0.4, -0.2) is 32.5 Å². The molecule has 2 aromatic carbocycles. The molecular weight excluding hydrogens is 308 g/mol. The Morgan fingerprint density at radius 2 is 2.04 bits per heavy atom. The monoisotopic (exact) mass is 326 g/mol. The van der Waals surface area contributed by atoms with Crippen LogP contribution in [0.4, 0.5) is 10.5 Å². The molecule has 0 spiro atoms. The van der Waals surface area contributed by atoms with Crippen molar-refractivity contribution in [3.05, 3.63) is 48.0 Å². The molecule has 1 N–H and O–H groups in total. The van der Waals surface area contributed by atoms with Gasteiger partial charge in [0, 0.05) is 18.3 Å². The van der Waals surface area contributed by atoms with Gasteiger partial charge in [0.15, 0.2) is 11.5 Å². The quantitative estimate of drug-likeness (QED) is 0.877. The van der Waals surface area contributed by atoms with Crippen LogP contribution >= 0.6 is 0 Å². The van der Waals surface area contributed by atoms with Gasteiger partial charge in [-0.1, -0.05) is 18.2 Å². The van der Waals surface area contributed by atoms with Crippen molar-refractivity contribution in [2.75, 3.05) is 31.4 Å². The molecule has 0 bridgehead atoms. The van der Waals surface area contributed by atoms with Gasteiger partial charge in [0.05, 0.1) is 6.54 Å². The summed E-state index contributed by atoms with van der Waals surface area (Å²) < 4.78 is 16.2. The third-order valence-electron chi connectivity index (χ3n) is 4.12. The molecule has 6 heteroatoms.